The number of ketones is 1. The number of fused-ring (bicyclic) bond motifs is 4. The van der Waals surface area contributed by atoms with E-state index in [9.17, 15) is 9.90 Å². The van der Waals surface area contributed by atoms with Gasteiger partial charge in [-0.1, -0.05) is 18.6 Å². The Hall–Kier alpha value is -1.22. The van der Waals surface area contributed by atoms with Crippen LogP contribution in [-0.2, 0) is 4.79 Å². The summed E-state index contributed by atoms with van der Waals surface area (Å²) in [5.74, 6) is 2.21. The number of hydrogen-bond donors (Lipinski definition) is 1. The Bertz CT molecular complexity index is 692. The monoisotopic (exact) mass is 325 g/mol. The SMILES string of the molecule is C[C@@H]1N=C[C@]23C[C@@H](O)[C@H]4[C@@H](CCC5=CC(=O)C=C[C@@]54C)[C@@H]2CC[C@H]13. The van der Waals surface area contributed by atoms with E-state index in [-0.39, 0.29) is 28.6 Å². The van der Waals surface area contributed by atoms with Crippen LogP contribution < -0.4 is 0 Å². The van der Waals surface area contributed by atoms with Gasteiger partial charge < -0.3 is 5.11 Å². The lowest BCUT2D eigenvalue weighted by molar-refractivity contribution is -0.112. The molecular weight excluding hydrogens is 298 g/mol. The van der Waals surface area contributed by atoms with Crippen LogP contribution in [0.15, 0.2) is 28.8 Å². The molecule has 0 aromatic rings. The smallest absolute Gasteiger partial charge is 0.178 e. The van der Waals surface area contributed by atoms with E-state index in [0.717, 1.165) is 19.3 Å². The third-order valence-electron chi connectivity index (χ3n) is 8.30. The lowest BCUT2D eigenvalue weighted by Crippen LogP contribution is -2.56. The highest BCUT2D eigenvalue weighted by molar-refractivity contribution is 6.01. The first-order valence-corrected chi connectivity index (χ1v) is 9.62. The summed E-state index contributed by atoms with van der Waals surface area (Å²) in [5.41, 5.74) is 1.25. The molecule has 3 saturated carbocycles. The molecule has 0 bridgehead atoms. The normalized spacial score (nSPS) is 54.8. The van der Waals surface area contributed by atoms with Crippen molar-refractivity contribution < 1.29 is 9.90 Å². The highest BCUT2D eigenvalue weighted by Gasteiger charge is 2.64. The molecule has 1 aliphatic heterocycles. The van der Waals surface area contributed by atoms with Crippen molar-refractivity contribution in [3.05, 3.63) is 23.8 Å². The van der Waals surface area contributed by atoms with Gasteiger partial charge in [0.25, 0.3) is 0 Å². The molecular formula is C21H27NO2. The fraction of sp³-hybridized carbons (Fsp3) is 0.714. The molecule has 0 aromatic carbocycles. The van der Waals surface area contributed by atoms with Crippen LogP contribution in [0.3, 0.4) is 0 Å². The Kier molecular flexibility index (Phi) is 2.94. The largest absolute Gasteiger partial charge is 0.393 e. The van der Waals surface area contributed by atoms with E-state index < -0.39 is 0 Å². The van der Waals surface area contributed by atoms with E-state index >= 15 is 0 Å². The van der Waals surface area contributed by atoms with Crippen LogP contribution in [0.5, 0.6) is 0 Å². The predicted molar refractivity (Wildman–Crippen MR) is 93.8 cm³/mol. The maximum absolute atomic E-state index is 11.8. The quantitative estimate of drug-likeness (QED) is 0.742. The number of nitrogens with zero attached hydrogens (tertiary/aromatic N) is 1. The van der Waals surface area contributed by atoms with Gasteiger partial charge in [0, 0.05) is 23.0 Å². The molecule has 3 nitrogen and oxygen atoms in total. The average molecular weight is 325 g/mol. The van der Waals surface area contributed by atoms with Crippen LogP contribution in [0.1, 0.15) is 46.0 Å². The first kappa shape index (κ1) is 15.1. The van der Waals surface area contributed by atoms with Gasteiger partial charge in [0.15, 0.2) is 5.78 Å². The summed E-state index contributed by atoms with van der Waals surface area (Å²) >= 11 is 0. The van der Waals surface area contributed by atoms with Crippen molar-refractivity contribution in [1.82, 2.24) is 0 Å². The molecule has 8 atom stereocenters. The minimum absolute atomic E-state index is 0.111. The van der Waals surface area contributed by atoms with Crippen molar-refractivity contribution in [2.45, 2.75) is 58.1 Å². The topological polar surface area (TPSA) is 49.7 Å². The third-order valence-corrected chi connectivity index (χ3v) is 8.30. The van der Waals surface area contributed by atoms with Gasteiger partial charge in [0.05, 0.1) is 12.1 Å². The molecule has 1 spiro atoms. The van der Waals surface area contributed by atoms with Crippen LogP contribution >= 0.6 is 0 Å². The maximum atomic E-state index is 11.8. The standard InChI is InChI=1S/C21H27NO2/c1-12-16-5-6-17-15-4-3-13-9-14(23)7-8-20(13,2)19(15)18(24)10-21(16,17)11-22-12/h7-9,11-12,15-19,24H,3-6,10H2,1-2H3/t12-,15-,16+,17-,18+,19+,20-,21-/m0/s1. The van der Waals surface area contributed by atoms with Crippen LogP contribution in [0.25, 0.3) is 0 Å². The van der Waals surface area contributed by atoms with Gasteiger partial charge in [-0.05, 0) is 68.9 Å². The van der Waals surface area contributed by atoms with Crippen molar-refractivity contribution >= 4 is 12.0 Å². The van der Waals surface area contributed by atoms with E-state index in [1.807, 2.05) is 6.08 Å². The molecule has 128 valence electrons. The number of carbonyl (C=O) groups is 1. The van der Waals surface area contributed by atoms with Crippen LogP contribution in [-0.4, -0.2) is 29.3 Å². The zero-order chi connectivity index (χ0) is 16.7. The predicted octanol–water partition coefficient (Wildman–Crippen LogP) is 3.33. The highest BCUT2D eigenvalue weighted by atomic mass is 16.3. The lowest BCUT2D eigenvalue weighted by Gasteiger charge is -2.58. The summed E-state index contributed by atoms with van der Waals surface area (Å²) in [6.07, 6.45) is 13.1. The fourth-order valence-electron chi connectivity index (χ4n) is 7.36. The van der Waals surface area contributed by atoms with Crippen molar-refractivity contribution in [1.29, 1.82) is 0 Å². The second-order valence-electron chi connectivity index (χ2n) is 9.11. The third kappa shape index (κ3) is 1.67. The number of aliphatic hydroxyl groups excluding tert-OH is 1. The van der Waals surface area contributed by atoms with Crippen molar-refractivity contribution in [2.75, 3.05) is 0 Å². The Morgan fingerprint density at radius 1 is 1.25 bits per heavy atom. The van der Waals surface area contributed by atoms with Gasteiger partial charge in [-0.15, -0.1) is 0 Å². The minimum Gasteiger partial charge on any atom is -0.393 e. The van der Waals surface area contributed by atoms with E-state index in [1.54, 1.807) is 6.08 Å². The van der Waals surface area contributed by atoms with Gasteiger partial charge in [0.1, 0.15) is 0 Å². The molecule has 3 fully saturated rings. The maximum Gasteiger partial charge on any atom is 0.178 e. The first-order chi connectivity index (χ1) is 11.5. The Morgan fingerprint density at radius 2 is 2.04 bits per heavy atom. The Labute approximate surface area is 143 Å². The number of carbonyl (C=O) groups excluding carboxylic acids is 1. The molecule has 5 aliphatic rings. The fourth-order valence-corrected chi connectivity index (χ4v) is 7.36. The molecule has 0 amide bonds. The summed E-state index contributed by atoms with van der Waals surface area (Å²) in [4.78, 5) is 16.6. The molecule has 1 N–H and O–H groups in total. The van der Waals surface area contributed by atoms with Gasteiger partial charge in [-0.2, -0.15) is 0 Å². The van der Waals surface area contributed by atoms with Crippen molar-refractivity contribution in [3.63, 3.8) is 0 Å². The van der Waals surface area contributed by atoms with Crippen LogP contribution in [0.2, 0.25) is 0 Å². The van der Waals surface area contributed by atoms with E-state index in [0.29, 0.717) is 23.8 Å². The zero-order valence-corrected chi connectivity index (χ0v) is 14.6. The highest BCUT2D eigenvalue weighted by Crippen LogP contribution is 2.67. The molecule has 0 unspecified atom stereocenters. The molecule has 1 heterocycles. The van der Waals surface area contributed by atoms with Gasteiger partial charge in [0.2, 0.25) is 0 Å². The molecule has 3 heteroatoms. The Morgan fingerprint density at radius 3 is 2.88 bits per heavy atom. The molecule has 4 aliphatic carbocycles. The molecule has 5 rings (SSSR count). The summed E-state index contributed by atoms with van der Waals surface area (Å²) in [7, 11) is 0. The number of hydrogen-bond acceptors (Lipinski definition) is 3. The van der Waals surface area contributed by atoms with Crippen LogP contribution in [0, 0.1) is 34.5 Å². The summed E-state index contributed by atoms with van der Waals surface area (Å²) in [5, 5.41) is 11.2. The molecule has 0 aromatic heterocycles. The second-order valence-corrected chi connectivity index (χ2v) is 9.11. The number of aliphatic hydroxyl groups is 1. The van der Waals surface area contributed by atoms with E-state index in [2.05, 4.69) is 26.1 Å². The average Bonchev–Trinajstić information content (AvgIpc) is 3.05. The van der Waals surface area contributed by atoms with Gasteiger partial charge in [-0.3, -0.25) is 9.79 Å². The minimum atomic E-state index is -0.296. The molecule has 24 heavy (non-hydrogen) atoms. The van der Waals surface area contributed by atoms with Crippen molar-refractivity contribution in [3.8, 4) is 0 Å². The summed E-state index contributed by atoms with van der Waals surface area (Å²) < 4.78 is 0. The summed E-state index contributed by atoms with van der Waals surface area (Å²) in [6, 6.07) is 0.417. The zero-order valence-electron chi connectivity index (χ0n) is 14.6. The van der Waals surface area contributed by atoms with Gasteiger partial charge in [-0.25, -0.2) is 0 Å². The van der Waals surface area contributed by atoms with E-state index in [4.69, 9.17) is 4.99 Å². The number of rotatable bonds is 0. The molecule has 0 radical (unpaired) electrons. The van der Waals surface area contributed by atoms with E-state index in [1.165, 1.54) is 18.4 Å². The van der Waals surface area contributed by atoms with Crippen LogP contribution in [0.4, 0.5) is 0 Å². The second kappa shape index (κ2) is 4.69. The van der Waals surface area contributed by atoms with Crippen molar-refractivity contribution in [2.24, 2.45) is 39.5 Å². The first-order valence-electron chi connectivity index (χ1n) is 9.62. The summed E-state index contributed by atoms with van der Waals surface area (Å²) in [6.45, 7) is 4.49. The lowest BCUT2D eigenvalue weighted by atomic mass is 9.47. The number of allylic oxidation sites excluding steroid dienone is 4. The number of aliphatic imine (C=N–C) groups is 1. The van der Waals surface area contributed by atoms with Gasteiger partial charge >= 0.3 is 0 Å². The Balaban J connectivity index is 1.57. The molecule has 0 saturated heterocycles.